The van der Waals surface area contributed by atoms with Gasteiger partial charge in [0.25, 0.3) is 11.8 Å². The first-order valence-electron chi connectivity index (χ1n) is 14.2. The lowest BCUT2D eigenvalue weighted by Gasteiger charge is -2.21. The third kappa shape index (κ3) is 6.51. The molecule has 0 aliphatic carbocycles. The number of aromatic nitrogens is 4. The minimum absolute atomic E-state index is 0.148. The summed E-state index contributed by atoms with van der Waals surface area (Å²) in [6.45, 7) is 2.56. The first-order chi connectivity index (χ1) is 21.3. The molecule has 3 aliphatic heterocycles. The molecule has 1 aromatic heterocycles. The number of aryl methyl sites for hydroxylation is 2. The molecule has 226 valence electrons. The summed E-state index contributed by atoms with van der Waals surface area (Å²) in [5, 5.41) is 17.1. The number of carbonyl (C=O) groups is 3. The monoisotopic (exact) mass is 599 g/mol. The van der Waals surface area contributed by atoms with Crippen LogP contribution in [0.5, 0.6) is 11.5 Å². The fourth-order valence-electron chi connectivity index (χ4n) is 5.20. The number of tetrazole rings is 1. The predicted molar refractivity (Wildman–Crippen MR) is 155 cm³/mol. The molecule has 6 bridgehead atoms. The van der Waals surface area contributed by atoms with E-state index >= 15 is 4.39 Å². The topological polar surface area (TPSA) is 141 Å². The molecule has 1 fully saturated rings. The number of ether oxygens (including phenoxy) is 2. The molecule has 0 saturated carbocycles. The van der Waals surface area contributed by atoms with Crippen molar-refractivity contribution in [2.75, 3.05) is 19.7 Å². The molecule has 3 aromatic carbocycles. The Kier molecular flexibility index (Phi) is 8.17. The molecule has 0 radical (unpaired) electrons. The minimum Gasteiger partial charge on any atom is -0.486 e. The van der Waals surface area contributed by atoms with Crippen LogP contribution in [-0.2, 0) is 22.7 Å². The van der Waals surface area contributed by atoms with E-state index in [1.165, 1.54) is 12.1 Å². The molecular formula is C31H30FN7O5. The molecule has 44 heavy (non-hydrogen) atoms. The van der Waals surface area contributed by atoms with Crippen LogP contribution in [0.4, 0.5) is 4.39 Å². The van der Waals surface area contributed by atoms with Crippen molar-refractivity contribution in [3.63, 3.8) is 0 Å². The fourth-order valence-corrected chi connectivity index (χ4v) is 5.20. The average Bonchev–Trinajstić information content (AvgIpc) is 3.63. The van der Waals surface area contributed by atoms with Crippen molar-refractivity contribution in [3.05, 3.63) is 89.5 Å². The van der Waals surface area contributed by atoms with Crippen molar-refractivity contribution in [2.45, 2.75) is 38.6 Å². The predicted octanol–water partition coefficient (Wildman–Crippen LogP) is 2.27. The van der Waals surface area contributed by atoms with Crippen LogP contribution in [0, 0.1) is 12.7 Å². The molecule has 2 N–H and O–H groups in total. The molecule has 0 unspecified atom stereocenters. The Bertz CT molecular complexity index is 1690. The van der Waals surface area contributed by atoms with Gasteiger partial charge in [-0.05, 0) is 70.4 Å². The van der Waals surface area contributed by atoms with Gasteiger partial charge >= 0.3 is 0 Å². The quantitative estimate of drug-likeness (QED) is 0.366. The minimum atomic E-state index is -0.687. The Hall–Kier alpha value is -5.33. The fraction of sp³-hybridized carbons (Fsp3) is 0.290. The SMILES string of the molecule is Cc1nnnn1CCC(=O)N1C[C@@H]2NC(=O)c3cc(ccc3F)-c3cccc(c3)OCC(=O)NCc3ccc(cc3)O[C@H]2C1. The van der Waals surface area contributed by atoms with Crippen LogP contribution >= 0.6 is 0 Å². The largest absolute Gasteiger partial charge is 0.486 e. The summed E-state index contributed by atoms with van der Waals surface area (Å²) in [4.78, 5) is 40.7. The van der Waals surface area contributed by atoms with E-state index in [-0.39, 0.29) is 43.5 Å². The van der Waals surface area contributed by atoms with E-state index in [0.717, 1.165) is 5.56 Å². The lowest BCUT2D eigenvalue weighted by Crippen LogP contribution is -2.45. The maximum Gasteiger partial charge on any atom is 0.258 e. The number of amides is 3. The number of carbonyl (C=O) groups excluding carboxylic acids is 3. The van der Waals surface area contributed by atoms with Crippen LogP contribution in [0.1, 0.15) is 28.2 Å². The van der Waals surface area contributed by atoms with Gasteiger partial charge in [-0.25, -0.2) is 9.07 Å². The van der Waals surface area contributed by atoms with Gasteiger partial charge in [0.2, 0.25) is 5.91 Å². The van der Waals surface area contributed by atoms with Gasteiger partial charge < -0.3 is 25.0 Å². The molecule has 4 aromatic rings. The van der Waals surface area contributed by atoms with Gasteiger partial charge in [-0.3, -0.25) is 14.4 Å². The number of hydrogen-bond acceptors (Lipinski definition) is 8. The lowest BCUT2D eigenvalue weighted by atomic mass is 10.0. The summed E-state index contributed by atoms with van der Waals surface area (Å²) in [5.41, 5.74) is 1.98. The zero-order valence-corrected chi connectivity index (χ0v) is 23.9. The number of hydrogen-bond donors (Lipinski definition) is 2. The van der Waals surface area contributed by atoms with Crippen LogP contribution in [0.25, 0.3) is 11.1 Å². The second kappa shape index (κ2) is 12.5. The summed E-state index contributed by atoms with van der Waals surface area (Å²) >= 11 is 0. The van der Waals surface area contributed by atoms with E-state index in [0.29, 0.717) is 41.5 Å². The molecule has 2 atom stereocenters. The van der Waals surface area contributed by atoms with E-state index in [1.54, 1.807) is 59.0 Å². The first-order valence-corrected chi connectivity index (χ1v) is 14.2. The summed E-state index contributed by atoms with van der Waals surface area (Å²) < 4.78 is 28.5. The van der Waals surface area contributed by atoms with Crippen LogP contribution in [0.15, 0.2) is 66.7 Å². The zero-order chi connectivity index (χ0) is 30.6. The lowest BCUT2D eigenvalue weighted by molar-refractivity contribution is -0.130. The number of benzene rings is 3. The van der Waals surface area contributed by atoms with Crippen LogP contribution < -0.4 is 20.1 Å². The molecule has 13 heteroatoms. The molecule has 1 saturated heterocycles. The number of likely N-dealkylation sites (tertiary alicyclic amines) is 1. The number of fused-ring (bicyclic) bond motifs is 7. The highest BCUT2D eigenvalue weighted by molar-refractivity contribution is 5.96. The Morgan fingerprint density at radius 2 is 1.84 bits per heavy atom. The van der Waals surface area contributed by atoms with Crippen molar-refractivity contribution in [3.8, 4) is 22.6 Å². The molecule has 3 amide bonds. The molecule has 7 rings (SSSR count). The third-order valence-corrected chi connectivity index (χ3v) is 7.63. The van der Waals surface area contributed by atoms with Gasteiger partial charge in [0.1, 0.15) is 29.2 Å². The molecule has 0 spiro atoms. The van der Waals surface area contributed by atoms with E-state index in [9.17, 15) is 14.4 Å². The maximum absolute atomic E-state index is 15.0. The number of rotatable bonds is 3. The zero-order valence-electron chi connectivity index (χ0n) is 23.9. The maximum atomic E-state index is 15.0. The third-order valence-electron chi connectivity index (χ3n) is 7.63. The average molecular weight is 600 g/mol. The highest BCUT2D eigenvalue weighted by Gasteiger charge is 2.38. The second-order valence-corrected chi connectivity index (χ2v) is 10.7. The van der Waals surface area contributed by atoms with Crippen LogP contribution in [0.3, 0.4) is 0 Å². The van der Waals surface area contributed by atoms with Crippen molar-refractivity contribution in [1.82, 2.24) is 35.7 Å². The van der Waals surface area contributed by atoms with Gasteiger partial charge in [-0.15, -0.1) is 5.10 Å². The van der Waals surface area contributed by atoms with Crippen molar-refractivity contribution in [1.29, 1.82) is 0 Å². The van der Waals surface area contributed by atoms with Gasteiger partial charge in [-0.1, -0.05) is 30.3 Å². The molecular weight excluding hydrogens is 569 g/mol. The number of nitrogens with one attached hydrogen (secondary N) is 2. The summed E-state index contributed by atoms with van der Waals surface area (Å²) in [6, 6.07) is 17.8. The Morgan fingerprint density at radius 3 is 2.64 bits per heavy atom. The van der Waals surface area contributed by atoms with Gasteiger partial charge in [0.05, 0.1) is 24.7 Å². The van der Waals surface area contributed by atoms with Gasteiger partial charge in [-0.2, -0.15) is 0 Å². The van der Waals surface area contributed by atoms with Gasteiger partial charge in [0, 0.05) is 19.5 Å². The second-order valence-electron chi connectivity index (χ2n) is 10.7. The van der Waals surface area contributed by atoms with E-state index in [1.807, 2.05) is 12.1 Å². The summed E-state index contributed by atoms with van der Waals surface area (Å²) in [6.07, 6.45) is -0.451. The smallest absolute Gasteiger partial charge is 0.258 e. The van der Waals surface area contributed by atoms with Gasteiger partial charge in [0.15, 0.2) is 6.61 Å². The molecule has 3 aliphatic rings. The van der Waals surface area contributed by atoms with Crippen LogP contribution in [0.2, 0.25) is 0 Å². The van der Waals surface area contributed by atoms with Crippen molar-refractivity contribution >= 4 is 17.7 Å². The number of nitrogens with zero attached hydrogens (tertiary/aromatic N) is 5. The van der Waals surface area contributed by atoms with Crippen LogP contribution in [-0.4, -0.2) is 74.7 Å². The standard InChI is InChI=1S/C31H30FN7O5/c1-19-35-36-37-39(19)12-11-30(41)38-16-27-28(17-38)44-23-8-5-20(6-9-23)15-33-29(40)18-43-24-4-2-3-21(13-24)22-7-10-26(32)25(14-22)31(42)34-27/h2-10,13-14,27-28H,11-12,15-18H2,1H3,(H,33,40)(H,34,42)/t27-,28-/m0/s1. The van der Waals surface area contributed by atoms with E-state index in [2.05, 4.69) is 26.2 Å². The Morgan fingerprint density at radius 1 is 1.02 bits per heavy atom. The Balaban J connectivity index is 1.28. The highest BCUT2D eigenvalue weighted by atomic mass is 19.1. The van der Waals surface area contributed by atoms with Crippen molar-refractivity contribution < 1.29 is 28.2 Å². The number of halogens is 1. The summed E-state index contributed by atoms with van der Waals surface area (Å²) in [7, 11) is 0. The molecule has 4 heterocycles. The van der Waals surface area contributed by atoms with E-state index in [4.69, 9.17) is 9.47 Å². The highest BCUT2D eigenvalue weighted by Crippen LogP contribution is 2.27. The van der Waals surface area contributed by atoms with E-state index < -0.39 is 23.9 Å². The normalized spacial score (nSPS) is 18.5. The Labute approximate surface area is 252 Å². The first kappa shape index (κ1) is 28.8. The summed E-state index contributed by atoms with van der Waals surface area (Å²) in [5.74, 6) is -0.191. The molecule has 12 nitrogen and oxygen atoms in total. The van der Waals surface area contributed by atoms with Crippen molar-refractivity contribution in [2.24, 2.45) is 0 Å².